The summed E-state index contributed by atoms with van der Waals surface area (Å²) in [6, 6.07) is 8.99. The minimum Gasteiger partial charge on any atom is -0.479 e. The lowest BCUT2D eigenvalue weighted by Gasteiger charge is -2.13. The van der Waals surface area contributed by atoms with E-state index in [1.165, 1.54) is 0 Å². The Balaban J connectivity index is 2.24. The van der Waals surface area contributed by atoms with Crippen LogP contribution in [0.5, 0.6) is 5.75 Å². The molecule has 0 saturated heterocycles. The van der Waals surface area contributed by atoms with Crippen LogP contribution in [-0.4, -0.2) is 11.2 Å². The molecule has 1 nitrogen and oxygen atoms in total. The maximum absolute atomic E-state index is 11.9. The van der Waals surface area contributed by atoms with Gasteiger partial charge in [-0.3, -0.25) is 0 Å². The molecule has 0 N–H and O–H groups in total. The molecular weight excluding hydrogens is 285 g/mol. The van der Waals surface area contributed by atoms with E-state index in [0.717, 1.165) is 0 Å². The fourth-order valence-corrected chi connectivity index (χ4v) is 1.71. The molecule has 1 rings (SSSR count). The highest BCUT2D eigenvalue weighted by molar-refractivity contribution is 9.09. The van der Waals surface area contributed by atoms with E-state index in [-0.39, 0.29) is 11.4 Å². The zero-order valence-corrected chi connectivity index (χ0v) is 10.1. The molecule has 0 radical (unpaired) electrons. The van der Waals surface area contributed by atoms with Gasteiger partial charge in [0.2, 0.25) is 0 Å². The molecule has 16 heavy (non-hydrogen) atoms. The van der Waals surface area contributed by atoms with Crippen LogP contribution in [0.2, 0.25) is 0 Å². The predicted molar refractivity (Wildman–Crippen MR) is 59.7 cm³/mol. The highest BCUT2D eigenvalue weighted by Crippen LogP contribution is 2.24. The minimum absolute atomic E-state index is 0.0618. The van der Waals surface area contributed by atoms with Crippen molar-refractivity contribution in [1.29, 1.82) is 0 Å². The first-order valence-electron chi connectivity index (χ1n) is 4.90. The van der Waals surface area contributed by atoms with Gasteiger partial charge in [0.1, 0.15) is 5.75 Å². The fraction of sp³-hybridized carbons (Fsp3) is 0.455. The SMILES string of the molecule is FC(F)(F)CCCC(Br)Oc1ccccc1. The molecule has 0 aliphatic rings. The molecule has 1 aromatic rings. The molecule has 0 bridgehead atoms. The lowest BCUT2D eigenvalue weighted by atomic mass is 10.2. The molecule has 0 aliphatic heterocycles. The number of rotatable bonds is 5. The number of hydrogen-bond acceptors (Lipinski definition) is 1. The molecule has 1 atom stereocenters. The predicted octanol–water partition coefficient (Wildman–Crippen LogP) is 4.52. The topological polar surface area (TPSA) is 9.23 Å². The van der Waals surface area contributed by atoms with Crippen molar-refractivity contribution in [3.05, 3.63) is 30.3 Å². The minimum atomic E-state index is -4.08. The largest absolute Gasteiger partial charge is 0.479 e. The molecular formula is C11H12BrF3O. The van der Waals surface area contributed by atoms with Crippen molar-refractivity contribution in [2.75, 3.05) is 0 Å². The Morgan fingerprint density at radius 1 is 1.19 bits per heavy atom. The Labute approximate surface area is 101 Å². The summed E-state index contributed by atoms with van der Waals surface area (Å²) in [6.45, 7) is 0. The van der Waals surface area contributed by atoms with Crippen molar-refractivity contribution in [2.24, 2.45) is 0 Å². The van der Waals surface area contributed by atoms with Crippen LogP contribution in [0, 0.1) is 0 Å². The smallest absolute Gasteiger partial charge is 0.389 e. The van der Waals surface area contributed by atoms with Gasteiger partial charge >= 0.3 is 6.18 Å². The fourth-order valence-electron chi connectivity index (χ4n) is 1.17. The first-order valence-corrected chi connectivity index (χ1v) is 5.81. The standard InChI is InChI=1S/C11H12BrF3O/c12-10(7-4-8-11(13,14)15)16-9-5-2-1-3-6-9/h1-3,5-6,10H,4,7-8H2. The Morgan fingerprint density at radius 3 is 2.38 bits per heavy atom. The van der Waals surface area contributed by atoms with Crippen LogP contribution >= 0.6 is 15.9 Å². The van der Waals surface area contributed by atoms with Gasteiger partial charge in [0.05, 0.1) is 0 Å². The second-order valence-corrected chi connectivity index (χ2v) is 4.37. The molecule has 0 amide bonds. The molecule has 0 saturated carbocycles. The number of para-hydroxylation sites is 1. The van der Waals surface area contributed by atoms with Crippen molar-refractivity contribution in [2.45, 2.75) is 30.5 Å². The van der Waals surface area contributed by atoms with Gasteiger partial charge in [0, 0.05) is 6.42 Å². The molecule has 5 heteroatoms. The first kappa shape index (κ1) is 13.4. The molecule has 0 aliphatic carbocycles. The summed E-state index contributed by atoms with van der Waals surface area (Å²) in [5.74, 6) is 0.649. The number of alkyl halides is 4. The van der Waals surface area contributed by atoms with Gasteiger partial charge in [-0.2, -0.15) is 13.2 Å². The van der Waals surface area contributed by atoms with Gasteiger partial charge in [0.15, 0.2) is 5.01 Å². The van der Waals surface area contributed by atoms with E-state index in [9.17, 15) is 13.2 Å². The lowest BCUT2D eigenvalue weighted by molar-refractivity contribution is -0.135. The average Bonchev–Trinajstić information content (AvgIpc) is 2.17. The van der Waals surface area contributed by atoms with Crippen LogP contribution in [0.1, 0.15) is 19.3 Å². The Kier molecular flexibility index (Phi) is 5.12. The van der Waals surface area contributed by atoms with Crippen molar-refractivity contribution in [3.63, 3.8) is 0 Å². The zero-order valence-electron chi connectivity index (χ0n) is 8.51. The van der Waals surface area contributed by atoms with E-state index in [2.05, 4.69) is 15.9 Å². The average molecular weight is 297 g/mol. The van der Waals surface area contributed by atoms with Gasteiger partial charge in [-0.15, -0.1) is 0 Å². The van der Waals surface area contributed by atoms with E-state index < -0.39 is 12.6 Å². The lowest BCUT2D eigenvalue weighted by Crippen LogP contribution is -2.11. The van der Waals surface area contributed by atoms with E-state index >= 15 is 0 Å². The van der Waals surface area contributed by atoms with E-state index in [0.29, 0.717) is 12.2 Å². The number of halogens is 4. The molecule has 90 valence electrons. The highest BCUT2D eigenvalue weighted by Gasteiger charge is 2.26. The number of ether oxygens (including phenoxy) is 1. The van der Waals surface area contributed by atoms with Gasteiger partial charge in [0.25, 0.3) is 0 Å². The van der Waals surface area contributed by atoms with Crippen molar-refractivity contribution < 1.29 is 17.9 Å². The number of benzene rings is 1. The molecule has 0 heterocycles. The third-order valence-electron chi connectivity index (χ3n) is 1.90. The van der Waals surface area contributed by atoms with Gasteiger partial charge in [-0.1, -0.05) is 18.2 Å². The summed E-state index contributed by atoms with van der Waals surface area (Å²) >= 11 is 3.19. The van der Waals surface area contributed by atoms with Gasteiger partial charge < -0.3 is 4.74 Å². The maximum Gasteiger partial charge on any atom is 0.389 e. The van der Waals surface area contributed by atoms with Crippen LogP contribution < -0.4 is 4.74 Å². The Morgan fingerprint density at radius 2 is 1.81 bits per heavy atom. The summed E-state index contributed by atoms with van der Waals surface area (Å²) < 4.78 is 41.0. The van der Waals surface area contributed by atoms with Crippen LogP contribution in [0.3, 0.4) is 0 Å². The second-order valence-electron chi connectivity index (χ2n) is 3.35. The van der Waals surface area contributed by atoms with Crippen molar-refractivity contribution >= 4 is 15.9 Å². The number of hydrogen-bond donors (Lipinski definition) is 0. The van der Waals surface area contributed by atoms with E-state index in [1.807, 2.05) is 18.2 Å². The summed E-state index contributed by atoms with van der Waals surface area (Å²) in [6.07, 6.45) is -4.46. The van der Waals surface area contributed by atoms with Crippen LogP contribution in [0.15, 0.2) is 30.3 Å². The second kappa shape index (κ2) is 6.13. The molecule has 1 aromatic carbocycles. The first-order chi connectivity index (χ1) is 7.47. The Bertz CT molecular complexity index is 300. The third kappa shape index (κ3) is 6.00. The van der Waals surface area contributed by atoms with Gasteiger partial charge in [-0.25, -0.2) is 0 Å². The van der Waals surface area contributed by atoms with E-state index in [4.69, 9.17) is 4.74 Å². The third-order valence-corrected chi connectivity index (χ3v) is 2.54. The Hall–Kier alpha value is -0.710. The maximum atomic E-state index is 11.9. The van der Waals surface area contributed by atoms with Gasteiger partial charge in [-0.05, 0) is 40.9 Å². The van der Waals surface area contributed by atoms with Crippen LogP contribution in [0.25, 0.3) is 0 Å². The summed E-state index contributed by atoms with van der Waals surface area (Å²) in [4.78, 5) is 0. The zero-order chi connectivity index (χ0) is 12.0. The molecule has 0 aromatic heterocycles. The molecule has 0 spiro atoms. The summed E-state index contributed by atoms with van der Waals surface area (Å²) in [7, 11) is 0. The monoisotopic (exact) mass is 296 g/mol. The van der Waals surface area contributed by atoms with Crippen molar-refractivity contribution in [3.8, 4) is 5.75 Å². The van der Waals surface area contributed by atoms with Crippen LogP contribution in [-0.2, 0) is 0 Å². The summed E-state index contributed by atoms with van der Waals surface area (Å²) in [5, 5.41) is -0.378. The van der Waals surface area contributed by atoms with E-state index in [1.54, 1.807) is 12.1 Å². The molecule has 1 unspecified atom stereocenters. The van der Waals surface area contributed by atoms with Crippen LogP contribution in [0.4, 0.5) is 13.2 Å². The normalized spacial score (nSPS) is 13.5. The quantitative estimate of drug-likeness (QED) is 0.726. The molecule has 0 fully saturated rings. The summed E-state index contributed by atoms with van der Waals surface area (Å²) in [5.41, 5.74) is 0. The van der Waals surface area contributed by atoms with Crippen molar-refractivity contribution in [1.82, 2.24) is 0 Å². The highest BCUT2D eigenvalue weighted by atomic mass is 79.9.